The van der Waals surface area contributed by atoms with Crippen molar-refractivity contribution in [3.63, 3.8) is 0 Å². The fraction of sp³-hybridized carbons (Fsp3) is 0.167. The van der Waals surface area contributed by atoms with Crippen molar-refractivity contribution in [1.29, 1.82) is 0 Å². The molecule has 1 atom stereocenters. The van der Waals surface area contributed by atoms with Gasteiger partial charge in [-0.2, -0.15) is 0 Å². The molecule has 0 saturated carbocycles. The van der Waals surface area contributed by atoms with Crippen molar-refractivity contribution in [2.75, 3.05) is 7.11 Å². The van der Waals surface area contributed by atoms with Gasteiger partial charge in [-0.1, -0.05) is 40.8 Å². The second-order valence-corrected chi connectivity index (χ2v) is 4.37. The van der Waals surface area contributed by atoms with Crippen LogP contribution in [0, 0.1) is 0 Å². The molecule has 0 N–H and O–H groups in total. The standard InChI is InChI=1S/C12H11IO2/c1-14-10-6-3-2-5-9(10)12(13)11-7-4-8-15-11/h2-8,12H,1H3. The minimum absolute atomic E-state index is 0.189. The molecule has 1 heterocycles. The SMILES string of the molecule is COc1ccccc1C(I)c1ccco1. The molecule has 0 aliphatic carbocycles. The first-order chi connectivity index (χ1) is 7.33. The van der Waals surface area contributed by atoms with Gasteiger partial charge in [0.1, 0.15) is 11.5 Å². The summed E-state index contributed by atoms with van der Waals surface area (Å²) in [7, 11) is 1.68. The first-order valence-electron chi connectivity index (χ1n) is 4.63. The van der Waals surface area contributed by atoms with Gasteiger partial charge >= 0.3 is 0 Å². The van der Waals surface area contributed by atoms with Crippen LogP contribution in [0.25, 0.3) is 0 Å². The van der Waals surface area contributed by atoms with Crippen molar-refractivity contribution in [2.45, 2.75) is 3.92 Å². The molecular formula is C12H11IO2. The first-order valence-corrected chi connectivity index (χ1v) is 5.88. The number of rotatable bonds is 3. The monoisotopic (exact) mass is 314 g/mol. The number of ether oxygens (including phenoxy) is 1. The number of furan rings is 1. The number of methoxy groups -OCH3 is 1. The molecule has 15 heavy (non-hydrogen) atoms. The van der Waals surface area contributed by atoms with Gasteiger partial charge in [0.25, 0.3) is 0 Å². The molecule has 0 aliphatic rings. The zero-order valence-electron chi connectivity index (χ0n) is 8.31. The second kappa shape index (κ2) is 4.70. The van der Waals surface area contributed by atoms with Crippen molar-refractivity contribution in [3.05, 3.63) is 54.0 Å². The van der Waals surface area contributed by atoms with Gasteiger partial charge in [-0.25, -0.2) is 0 Å². The van der Waals surface area contributed by atoms with Crippen LogP contribution in [-0.4, -0.2) is 7.11 Å². The van der Waals surface area contributed by atoms with Crippen molar-refractivity contribution in [1.82, 2.24) is 0 Å². The molecule has 1 aromatic heterocycles. The highest BCUT2D eigenvalue weighted by Gasteiger charge is 2.16. The topological polar surface area (TPSA) is 22.4 Å². The molecule has 2 nitrogen and oxygen atoms in total. The van der Waals surface area contributed by atoms with Crippen LogP contribution in [0.4, 0.5) is 0 Å². The van der Waals surface area contributed by atoms with Crippen molar-refractivity contribution >= 4 is 22.6 Å². The van der Waals surface area contributed by atoms with E-state index in [2.05, 4.69) is 28.7 Å². The Kier molecular flexibility index (Phi) is 3.30. The lowest BCUT2D eigenvalue weighted by molar-refractivity contribution is 0.408. The van der Waals surface area contributed by atoms with Gasteiger partial charge in [-0.05, 0) is 18.2 Å². The maximum atomic E-state index is 5.39. The van der Waals surface area contributed by atoms with Gasteiger partial charge in [0.15, 0.2) is 0 Å². The van der Waals surface area contributed by atoms with Gasteiger partial charge in [-0.15, -0.1) is 0 Å². The van der Waals surface area contributed by atoms with Crippen LogP contribution in [-0.2, 0) is 0 Å². The van der Waals surface area contributed by atoms with E-state index in [1.54, 1.807) is 13.4 Å². The van der Waals surface area contributed by atoms with Crippen LogP contribution >= 0.6 is 22.6 Å². The summed E-state index contributed by atoms with van der Waals surface area (Å²) in [5.74, 6) is 1.84. The summed E-state index contributed by atoms with van der Waals surface area (Å²) < 4.78 is 10.9. The number of halogens is 1. The summed E-state index contributed by atoms with van der Waals surface area (Å²) in [4.78, 5) is 0. The zero-order valence-corrected chi connectivity index (χ0v) is 10.5. The van der Waals surface area contributed by atoms with Gasteiger partial charge in [0.2, 0.25) is 0 Å². The van der Waals surface area contributed by atoms with E-state index < -0.39 is 0 Å². The summed E-state index contributed by atoms with van der Waals surface area (Å²) in [6, 6.07) is 11.9. The van der Waals surface area contributed by atoms with Gasteiger partial charge in [-0.3, -0.25) is 0 Å². The zero-order chi connectivity index (χ0) is 10.7. The highest BCUT2D eigenvalue weighted by Crippen LogP contribution is 2.36. The lowest BCUT2D eigenvalue weighted by atomic mass is 10.1. The Morgan fingerprint density at radius 3 is 2.67 bits per heavy atom. The Balaban J connectivity index is 2.37. The van der Waals surface area contributed by atoms with Crippen LogP contribution in [0.15, 0.2) is 47.1 Å². The fourth-order valence-electron chi connectivity index (χ4n) is 1.46. The van der Waals surface area contributed by atoms with Crippen molar-refractivity contribution in [3.8, 4) is 5.75 Å². The van der Waals surface area contributed by atoms with Crippen LogP contribution < -0.4 is 4.74 Å². The lowest BCUT2D eigenvalue weighted by Crippen LogP contribution is -1.95. The van der Waals surface area contributed by atoms with Crippen LogP contribution in [0.1, 0.15) is 15.2 Å². The van der Waals surface area contributed by atoms with E-state index in [-0.39, 0.29) is 3.92 Å². The summed E-state index contributed by atoms with van der Waals surface area (Å²) in [6.07, 6.45) is 1.69. The quantitative estimate of drug-likeness (QED) is 0.635. The average Bonchev–Trinajstić information content (AvgIpc) is 2.81. The van der Waals surface area contributed by atoms with E-state index in [4.69, 9.17) is 9.15 Å². The van der Waals surface area contributed by atoms with E-state index in [0.29, 0.717) is 0 Å². The largest absolute Gasteiger partial charge is 0.496 e. The molecule has 2 aromatic rings. The molecule has 78 valence electrons. The minimum Gasteiger partial charge on any atom is -0.496 e. The summed E-state index contributed by atoms with van der Waals surface area (Å²) in [5.41, 5.74) is 1.13. The Labute approximate surface area is 102 Å². The molecule has 0 saturated heterocycles. The molecule has 2 rings (SSSR count). The summed E-state index contributed by atoms with van der Waals surface area (Å²) in [5, 5.41) is 0. The second-order valence-electron chi connectivity index (χ2n) is 3.12. The molecule has 0 aliphatic heterocycles. The highest BCUT2D eigenvalue weighted by atomic mass is 127. The predicted octanol–water partition coefficient (Wildman–Crippen LogP) is 3.81. The molecule has 0 bridgehead atoms. The fourth-order valence-corrected chi connectivity index (χ4v) is 2.33. The third-order valence-corrected chi connectivity index (χ3v) is 3.49. The Morgan fingerprint density at radius 1 is 1.20 bits per heavy atom. The van der Waals surface area contributed by atoms with E-state index in [1.165, 1.54) is 0 Å². The molecule has 0 amide bonds. The molecule has 1 unspecified atom stereocenters. The lowest BCUT2D eigenvalue weighted by Gasteiger charge is -2.11. The normalized spacial score (nSPS) is 12.4. The van der Waals surface area contributed by atoms with Crippen molar-refractivity contribution < 1.29 is 9.15 Å². The number of para-hydroxylation sites is 1. The summed E-state index contributed by atoms with van der Waals surface area (Å²) in [6.45, 7) is 0. The summed E-state index contributed by atoms with van der Waals surface area (Å²) >= 11 is 2.35. The highest BCUT2D eigenvalue weighted by molar-refractivity contribution is 14.1. The van der Waals surface area contributed by atoms with Gasteiger partial charge in [0.05, 0.1) is 17.3 Å². The number of hydrogen-bond acceptors (Lipinski definition) is 2. The Morgan fingerprint density at radius 2 is 2.00 bits per heavy atom. The third-order valence-electron chi connectivity index (χ3n) is 2.20. The molecule has 1 aromatic carbocycles. The predicted molar refractivity (Wildman–Crippen MR) is 67.6 cm³/mol. The van der Waals surface area contributed by atoms with E-state index >= 15 is 0 Å². The van der Waals surface area contributed by atoms with Gasteiger partial charge < -0.3 is 9.15 Å². The Bertz CT molecular complexity index is 423. The number of alkyl halides is 1. The van der Waals surface area contributed by atoms with Crippen LogP contribution in [0.5, 0.6) is 5.75 Å². The van der Waals surface area contributed by atoms with E-state index in [0.717, 1.165) is 17.1 Å². The van der Waals surface area contributed by atoms with E-state index in [9.17, 15) is 0 Å². The van der Waals surface area contributed by atoms with Crippen LogP contribution in [0.2, 0.25) is 0 Å². The smallest absolute Gasteiger partial charge is 0.123 e. The number of hydrogen-bond donors (Lipinski definition) is 0. The molecular weight excluding hydrogens is 303 g/mol. The Hall–Kier alpha value is -0.970. The minimum atomic E-state index is 0.189. The first kappa shape index (κ1) is 10.5. The maximum Gasteiger partial charge on any atom is 0.123 e. The van der Waals surface area contributed by atoms with Crippen LogP contribution in [0.3, 0.4) is 0 Å². The van der Waals surface area contributed by atoms with Crippen molar-refractivity contribution in [2.24, 2.45) is 0 Å². The molecule has 3 heteroatoms. The van der Waals surface area contributed by atoms with Gasteiger partial charge in [0, 0.05) is 5.56 Å². The molecule has 0 spiro atoms. The molecule has 0 radical (unpaired) electrons. The maximum absolute atomic E-state index is 5.39. The number of benzene rings is 1. The van der Waals surface area contributed by atoms with E-state index in [1.807, 2.05) is 30.3 Å². The molecule has 0 fully saturated rings. The average molecular weight is 314 g/mol. The third kappa shape index (κ3) is 2.17.